The predicted molar refractivity (Wildman–Crippen MR) is 163 cm³/mol. The van der Waals surface area contributed by atoms with Crippen LogP contribution < -0.4 is 5.73 Å². The molecule has 2 aliphatic rings. The molecule has 1 atom stereocenters. The van der Waals surface area contributed by atoms with Crippen LogP contribution in [0.25, 0.3) is 11.4 Å². The molecule has 8 nitrogen and oxygen atoms in total. The van der Waals surface area contributed by atoms with E-state index in [4.69, 9.17) is 5.73 Å². The van der Waals surface area contributed by atoms with Gasteiger partial charge in [0.15, 0.2) is 17.3 Å². The van der Waals surface area contributed by atoms with Crippen molar-refractivity contribution in [2.75, 3.05) is 0 Å². The lowest BCUT2D eigenvalue weighted by atomic mass is 9.84. The zero-order valence-corrected chi connectivity index (χ0v) is 26.1. The fourth-order valence-corrected chi connectivity index (χ4v) is 6.14. The number of nitrogens with two attached hydrogens (primary N) is 1. The van der Waals surface area contributed by atoms with Crippen LogP contribution in [0.15, 0.2) is 71.9 Å². The Morgan fingerprint density at radius 1 is 0.882 bits per heavy atom. The number of benzene rings is 3. The first-order valence-corrected chi connectivity index (χ1v) is 15.2. The highest BCUT2D eigenvalue weighted by molar-refractivity contribution is 6.07. The van der Waals surface area contributed by atoms with Crippen LogP contribution in [0.3, 0.4) is 0 Å². The summed E-state index contributed by atoms with van der Waals surface area (Å²) >= 11 is 0. The minimum atomic E-state index is -4.98. The quantitative estimate of drug-likeness (QED) is 0.197. The van der Waals surface area contributed by atoms with Crippen molar-refractivity contribution in [3.05, 3.63) is 118 Å². The second-order valence-electron chi connectivity index (χ2n) is 12.1. The molecule has 6 rings (SSSR count). The van der Waals surface area contributed by atoms with E-state index in [9.17, 15) is 49.1 Å². The first-order valence-electron chi connectivity index (χ1n) is 15.2. The van der Waals surface area contributed by atoms with Gasteiger partial charge in [-0.05, 0) is 60.4 Å². The molecule has 51 heavy (non-hydrogen) atoms. The van der Waals surface area contributed by atoms with Gasteiger partial charge in [0.1, 0.15) is 17.5 Å². The van der Waals surface area contributed by atoms with E-state index in [0.29, 0.717) is 17.7 Å². The van der Waals surface area contributed by atoms with Crippen LogP contribution in [0.4, 0.5) is 39.5 Å². The normalized spacial score (nSPS) is 17.6. The van der Waals surface area contributed by atoms with Crippen molar-refractivity contribution in [3.63, 3.8) is 0 Å². The third-order valence-corrected chi connectivity index (χ3v) is 8.53. The topological polar surface area (TPSA) is 105 Å². The van der Waals surface area contributed by atoms with Crippen molar-refractivity contribution in [3.8, 4) is 11.4 Å². The van der Waals surface area contributed by atoms with Crippen molar-refractivity contribution >= 4 is 17.8 Å². The molecule has 0 spiro atoms. The molecule has 0 bridgehead atoms. The van der Waals surface area contributed by atoms with Gasteiger partial charge in [-0.25, -0.2) is 28.1 Å². The molecule has 2 aliphatic heterocycles. The van der Waals surface area contributed by atoms with Crippen molar-refractivity contribution in [2.24, 2.45) is 10.7 Å². The van der Waals surface area contributed by atoms with Gasteiger partial charge in [-0.3, -0.25) is 14.5 Å². The van der Waals surface area contributed by atoms with Crippen molar-refractivity contribution in [1.82, 2.24) is 19.8 Å². The number of rotatable bonds is 8. The van der Waals surface area contributed by atoms with Gasteiger partial charge in [0, 0.05) is 36.4 Å². The molecule has 3 aromatic carbocycles. The lowest BCUT2D eigenvalue weighted by Crippen LogP contribution is -2.42. The van der Waals surface area contributed by atoms with Gasteiger partial charge >= 0.3 is 12.4 Å². The second kappa shape index (κ2) is 13.0. The van der Waals surface area contributed by atoms with E-state index >= 15 is 0 Å². The number of aromatic nitrogens is 2. The molecule has 0 fully saturated rings. The fourth-order valence-electron chi connectivity index (χ4n) is 6.14. The highest BCUT2D eigenvalue weighted by Gasteiger charge is 2.49. The summed E-state index contributed by atoms with van der Waals surface area (Å²) in [6, 6.07) is 9.65. The van der Waals surface area contributed by atoms with Gasteiger partial charge in [-0.2, -0.15) is 26.3 Å². The molecule has 3 heterocycles. The Balaban J connectivity index is 1.27. The van der Waals surface area contributed by atoms with E-state index in [1.165, 1.54) is 18.3 Å². The maximum Gasteiger partial charge on any atom is 0.417 e. The average Bonchev–Trinajstić information content (AvgIpc) is 3.58. The fraction of sp³-hybridized carbons (Fsp3) is 0.265. The molecular weight excluding hydrogens is 695 g/mol. The number of amides is 2. The van der Waals surface area contributed by atoms with Crippen LogP contribution in [0.2, 0.25) is 0 Å². The summed E-state index contributed by atoms with van der Waals surface area (Å²) in [6.07, 6.45) is -10.5. The van der Waals surface area contributed by atoms with Gasteiger partial charge in [-0.1, -0.05) is 18.2 Å². The number of aliphatic imine (C=N–C) groups is 1. The molecule has 0 radical (unpaired) electrons. The van der Waals surface area contributed by atoms with Crippen molar-refractivity contribution in [2.45, 2.75) is 56.8 Å². The summed E-state index contributed by atoms with van der Waals surface area (Å²) < 4.78 is 123. The highest BCUT2D eigenvalue weighted by atomic mass is 19.4. The largest absolute Gasteiger partial charge is 0.417 e. The molecule has 0 aliphatic carbocycles. The number of hydrogen-bond donors (Lipinski definition) is 1. The minimum Gasteiger partial charge on any atom is -0.369 e. The van der Waals surface area contributed by atoms with E-state index in [1.54, 1.807) is 0 Å². The minimum absolute atomic E-state index is 0.00923. The molecule has 1 aromatic heterocycles. The standard InChI is InChI=1S/C34H25F9N6O2/c35-22-5-3-21(4-6-22)32(8-1-9-33(38,39)40)30(51)49(31(44)47-32)15-18-2-7-26(34(41,42)43)25(10-18)29(50)48-16-20-14-45-28(46-27(20)17-48)19-11-23(36)13-24(37)12-19/h2-7,10-14H,1,8-9,15-17H2,(H2,44,47)/t32-/m1/s1. The number of carbonyl (C=O) groups is 2. The van der Waals surface area contributed by atoms with Gasteiger partial charge in [0.2, 0.25) is 0 Å². The summed E-state index contributed by atoms with van der Waals surface area (Å²) in [5, 5.41) is 0. The lowest BCUT2D eigenvalue weighted by Gasteiger charge is -2.27. The molecule has 2 amide bonds. The van der Waals surface area contributed by atoms with Crippen LogP contribution >= 0.6 is 0 Å². The summed E-state index contributed by atoms with van der Waals surface area (Å²) in [6.45, 7) is -0.949. The van der Waals surface area contributed by atoms with E-state index in [0.717, 1.165) is 46.2 Å². The highest BCUT2D eigenvalue weighted by Crippen LogP contribution is 2.40. The molecule has 266 valence electrons. The number of halogens is 9. The Hall–Kier alpha value is -5.48. The Kier molecular flexibility index (Phi) is 9.01. The Bertz CT molecular complexity index is 2030. The maximum absolute atomic E-state index is 14.2. The number of guanidine groups is 1. The lowest BCUT2D eigenvalue weighted by molar-refractivity contribution is -0.139. The second-order valence-corrected chi connectivity index (χ2v) is 12.1. The third kappa shape index (κ3) is 7.23. The summed E-state index contributed by atoms with van der Waals surface area (Å²) in [7, 11) is 0. The molecule has 0 saturated carbocycles. The molecule has 2 N–H and O–H groups in total. The molecule has 0 unspecified atom stereocenters. The Labute approximate surface area is 283 Å². The van der Waals surface area contributed by atoms with E-state index in [1.807, 2.05) is 0 Å². The number of hydrogen-bond acceptors (Lipinski definition) is 6. The molecule has 4 aromatic rings. The van der Waals surface area contributed by atoms with Crippen molar-refractivity contribution in [1.29, 1.82) is 0 Å². The number of carbonyl (C=O) groups excluding carboxylic acids is 2. The smallest absolute Gasteiger partial charge is 0.369 e. The summed E-state index contributed by atoms with van der Waals surface area (Å²) in [5.74, 6) is -4.88. The third-order valence-electron chi connectivity index (χ3n) is 8.53. The molecule has 17 heteroatoms. The number of nitrogens with zero attached hydrogens (tertiary/aromatic N) is 5. The van der Waals surface area contributed by atoms with E-state index in [-0.39, 0.29) is 41.3 Å². The molecular formula is C34H25F9N6O2. The van der Waals surface area contributed by atoms with Crippen LogP contribution in [-0.2, 0) is 36.1 Å². The van der Waals surface area contributed by atoms with E-state index < -0.39 is 90.1 Å². The van der Waals surface area contributed by atoms with Gasteiger partial charge < -0.3 is 10.6 Å². The van der Waals surface area contributed by atoms with Crippen LogP contribution in [0.1, 0.15) is 57.6 Å². The van der Waals surface area contributed by atoms with E-state index in [2.05, 4.69) is 15.0 Å². The first-order chi connectivity index (χ1) is 23.9. The van der Waals surface area contributed by atoms with Crippen LogP contribution in [0.5, 0.6) is 0 Å². The van der Waals surface area contributed by atoms with Gasteiger partial charge in [-0.15, -0.1) is 0 Å². The monoisotopic (exact) mass is 720 g/mol. The zero-order chi connectivity index (χ0) is 36.9. The predicted octanol–water partition coefficient (Wildman–Crippen LogP) is 7.02. The number of fused-ring (bicyclic) bond motifs is 1. The maximum atomic E-state index is 14.2. The van der Waals surface area contributed by atoms with Crippen LogP contribution in [-0.4, -0.2) is 43.7 Å². The Morgan fingerprint density at radius 3 is 2.22 bits per heavy atom. The zero-order valence-electron chi connectivity index (χ0n) is 26.1. The van der Waals surface area contributed by atoms with Crippen molar-refractivity contribution < 1.29 is 49.1 Å². The Morgan fingerprint density at radius 2 is 1.57 bits per heavy atom. The average molecular weight is 721 g/mol. The SMILES string of the molecule is NC1=N[C@](CCCC(F)(F)F)(c2ccc(F)cc2)C(=O)N1Cc1ccc(C(F)(F)F)c(C(=O)N2Cc3cnc(-c4cc(F)cc(F)c4)nc3C2)c1. The van der Waals surface area contributed by atoms with Gasteiger partial charge in [0.05, 0.1) is 29.9 Å². The molecule has 0 saturated heterocycles. The summed E-state index contributed by atoms with van der Waals surface area (Å²) in [4.78, 5) is 42.1. The summed E-state index contributed by atoms with van der Waals surface area (Å²) in [5.41, 5.74) is 2.78. The van der Waals surface area contributed by atoms with Crippen LogP contribution in [0, 0.1) is 17.5 Å². The first kappa shape index (κ1) is 35.3. The van der Waals surface area contributed by atoms with Gasteiger partial charge in [0.25, 0.3) is 11.8 Å². The number of alkyl halides is 6.